The highest BCUT2D eigenvalue weighted by Gasteiger charge is 2.13. The van der Waals surface area contributed by atoms with Gasteiger partial charge >= 0.3 is 0 Å². The van der Waals surface area contributed by atoms with Crippen molar-refractivity contribution in [3.05, 3.63) is 0 Å². The molecule has 0 spiro atoms. The zero-order valence-electron chi connectivity index (χ0n) is 7.77. The van der Waals surface area contributed by atoms with E-state index in [1.165, 1.54) is 38.6 Å². The van der Waals surface area contributed by atoms with Crippen LogP contribution in [0, 0.1) is 5.92 Å². The van der Waals surface area contributed by atoms with Gasteiger partial charge in [-0.15, -0.1) is 0 Å². The Morgan fingerprint density at radius 3 is 2.09 bits per heavy atom. The van der Waals surface area contributed by atoms with Crippen LogP contribution in [0.5, 0.6) is 0 Å². The van der Waals surface area contributed by atoms with Gasteiger partial charge in [0.25, 0.3) is 0 Å². The summed E-state index contributed by atoms with van der Waals surface area (Å²) in [6, 6.07) is 0. The summed E-state index contributed by atoms with van der Waals surface area (Å²) in [7, 11) is 4.35. The smallest absolute Gasteiger partial charge is 0.000356 e. The molecule has 0 amide bonds. The Labute approximate surface area is 69.9 Å². The Hall–Kier alpha value is -0.0800. The lowest BCUT2D eigenvalue weighted by Gasteiger charge is -2.24. The van der Waals surface area contributed by atoms with Crippen LogP contribution in [0.1, 0.15) is 32.1 Å². The van der Waals surface area contributed by atoms with Crippen molar-refractivity contribution in [2.24, 2.45) is 5.92 Å². The van der Waals surface area contributed by atoms with Crippen LogP contribution >= 0.6 is 0 Å². The Morgan fingerprint density at radius 2 is 1.64 bits per heavy atom. The second-order valence-electron chi connectivity index (χ2n) is 3.77. The highest BCUT2D eigenvalue weighted by Crippen LogP contribution is 2.23. The molecule has 0 aliphatic heterocycles. The number of hydrogen-bond donors (Lipinski definition) is 0. The van der Waals surface area contributed by atoms with Crippen molar-refractivity contribution in [3.8, 4) is 0 Å². The molecule has 1 rings (SSSR count). The van der Waals surface area contributed by atoms with Crippen LogP contribution in [0.15, 0.2) is 0 Å². The lowest BCUT2D eigenvalue weighted by Crippen LogP contribution is -2.23. The van der Waals surface area contributed by atoms with Crippen LogP contribution in [-0.2, 0) is 0 Å². The van der Waals surface area contributed by atoms with E-state index in [1.807, 2.05) is 0 Å². The van der Waals surface area contributed by atoms with Crippen LogP contribution < -0.4 is 0 Å². The number of rotatable bonds is 2. The number of nitrogens with zero attached hydrogens (tertiary/aromatic N) is 1. The summed E-state index contributed by atoms with van der Waals surface area (Å²) in [5.74, 6) is 1.00. The number of hydrogen-bond acceptors (Lipinski definition) is 1. The first-order valence-electron chi connectivity index (χ1n) is 4.44. The molecule has 2 heteroatoms. The zero-order chi connectivity index (χ0) is 7.40. The Balaban J connectivity index is 0.000001000. The van der Waals surface area contributed by atoms with Gasteiger partial charge in [-0.05, 0) is 32.9 Å². The molecule has 1 fully saturated rings. The van der Waals surface area contributed by atoms with E-state index in [0.29, 0.717) is 0 Å². The van der Waals surface area contributed by atoms with E-state index < -0.39 is 0 Å². The molecule has 2 N–H and O–H groups in total. The minimum atomic E-state index is 0. The van der Waals surface area contributed by atoms with Gasteiger partial charge in [-0.3, -0.25) is 0 Å². The van der Waals surface area contributed by atoms with Crippen LogP contribution in [-0.4, -0.2) is 31.0 Å². The topological polar surface area (TPSA) is 34.7 Å². The minimum Gasteiger partial charge on any atom is -0.412 e. The van der Waals surface area contributed by atoms with Crippen molar-refractivity contribution in [3.63, 3.8) is 0 Å². The molecule has 1 aliphatic carbocycles. The third kappa shape index (κ3) is 4.38. The molecule has 0 saturated heterocycles. The van der Waals surface area contributed by atoms with Crippen molar-refractivity contribution >= 4 is 0 Å². The summed E-state index contributed by atoms with van der Waals surface area (Å²) in [5, 5.41) is 0. The monoisotopic (exact) mass is 159 g/mol. The molecular formula is C9H21NO. The molecule has 0 aromatic heterocycles. The van der Waals surface area contributed by atoms with Gasteiger partial charge in [0, 0.05) is 6.54 Å². The molecule has 68 valence electrons. The summed E-state index contributed by atoms with van der Waals surface area (Å²) >= 11 is 0. The molecule has 0 aromatic carbocycles. The van der Waals surface area contributed by atoms with Gasteiger partial charge in [0.2, 0.25) is 0 Å². The summed E-state index contributed by atoms with van der Waals surface area (Å²) < 4.78 is 0. The fraction of sp³-hybridized carbons (Fsp3) is 1.00. The molecule has 0 atom stereocenters. The van der Waals surface area contributed by atoms with Crippen LogP contribution in [0.4, 0.5) is 0 Å². The average Bonchev–Trinajstić information content (AvgIpc) is 1.88. The first-order valence-corrected chi connectivity index (χ1v) is 4.44. The molecule has 1 saturated carbocycles. The van der Waals surface area contributed by atoms with Crippen molar-refractivity contribution in [2.75, 3.05) is 20.6 Å². The van der Waals surface area contributed by atoms with Crippen molar-refractivity contribution < 1.29 is 5.48 Å². The largest absolute Gasteiger partial charge is 0.412 e. The second kappa shape index (κ2) is 5.56. The maximum atomic E-state index is 2.32. The predicted molar refractivity (Wildman–Crippen MR) is 48.7 cm³/mol. The van der Waals surface area contributed by atoms with E-state index >= 15 is 0 Å². The van der Waals surface area contributed by atoms with E-state index in [1.54, 1.807) is 0 Å². The standard InChI is InChI=1S/C9H19N.H2O/c1-10(2)8-9-6-4-3-5-7-9;/h9H,3-8H2,1-2H3;1H2. The molecule has 0 bridgehead atoms. The molecule has 0 aromatic rings. The summed E-state index contributed by atoms with van der Waals surface area (Å²) in [6.07, 6.45) is 7.36. The molecule has 0 unspecified atom stereocenters. The fourth-order valence-corrected chi connectivity index (χ4v) is 1.89. The van der Waals surface area contributed by atoms with Gasteiger partial charge in [-0.2, -0.15) is 0 Å². The molecule has 2 nitrogen and oxygen atoms in total. The van der Waals surface area contributed by atoms with E-state index in [0.717, 1.165) is 5.92 Å². The molecule has 0 heterocycles. The zero-order valence-corrected chi connectivity index (χ0v) is 7.77. The van der Waals surface area contributed by atoms with Crippen molar-refractivity contribution in [1.29, 1.82) is 0 Å². The van der Waals surface area contributed by atoms with Crippen molar-refractivity contribution in [2.45, 2.75) is 32.1 Å². The highest BCUT2D eigenvalue weighted by molar-refractivity contribution is 4.67. The van der Waals surface area contributed by atoms with Gasteiger partial charge < -0.3 is 10.4 Å². The van der Waals surface area contributed by atoms with E-state index in [9.17, 15) is 0 Å². The highest BCUT2D eigenvalue weighted by atomic mass is 16.0. The van der Waals surface area contributed by atoms with Gasteiger partial charge in [-0.25, -0.2) is 0 Å². The van der Waals surface area contributed by atoms with Crippen LogP contribution in [0.3, 0.4) is 0 Å². The van der Waals surface area contributed by atoms with Gasteiger partial charge in [0.05, 0.1) is 0 Å². The minimum absolute atomic E-state index is 0. The van der Waals surface area contributed by atoms with E-state index in [-0.39, 0.29) is 5.48 Å². The molecule has 1 aliphatic rings. The summed E-state index contributed by atoms with van der Waals surface area (Å²) in [6.45, 7) is 1.31. The normalized spacial score (nSPS) is 19.9. The summed E-state index contributed by atoms with van der Waals surface area (Å²) in [4.78, 5) is 2.32. The maximum absolute atomic E-state index is 2.32. The van der Waals surface area contributed by atoms with Gasteiger partial charge in [-0.1, -0.05) is 19.3 Å². The average molecular weight is 159 g/mol. The van der Waals surface area contributed by atoms with E-state index in [2.05, 4.69) is 19.0 Å². The SMILES string of the molecule is CN(C)CC1CCCCC1.O. The fourth-order valence-electron chi connectivity index (χ4n) is 1.89. The van der Waals surface area contributed by atoms with E-state index in [4.69, 9.17) is 0 Å². The van der Waals surface area contributed by atoms with Gasteiger partial charge in [0.1, 0.15) is 0 Å². The second-order valence-corrected chi connectivity index (χ2v) is 3.77. The lowest BCUT2D eigenvalue weighted by atomic mass is 9.89. The maximum Gasteiger partial charge on any atom is 0.000356 e. The third-order valence-electron chi connectivity index (χ3n) is 2.35. The Bertz CT molecular complexity index is 87.6. The first-order chi connectivity index (χ1) is 4.79. The Morgan fingerprint density at radius 1 is 1.09 bits per heavy atom. The Kier molecular flexibility index (Phi) is 5.51. The third-order valence-corrected chi connectivity index (χ3v) is 2.35. The molecular weight excluding hydrogens is 138 g/mol. The van der Waals surface area contributed by atoms with Gasteiger partial charge in [0.15, 0.2) is 0 Å². The molecule has 0 radical (unpaired) electrons. The quantitative estimate of drug-likeness (QED) is 0.598. The summed E-state index contributed by atoms with van der Waals surface area (Å²) in [5.41, 5.74) is 0. The van der Waals surface area contributed by atoms with Crippen LogP contribution in [0.2, 0.25) is 0 Å². The van der Waals surface area contributed by atoms with Crippen LogP contribution in [0.25, 0.3) is 0 Å². The van der Waals surface area contributed by atoms with Crippen molar-refractivity contribution in [1.82, 2.24) is 4.90 Å². The lowest BCUT2D eigenvalue weighted by molar-refractivity contribution is 0.264. The predicted octanol–water partition coefficient (Wildman–Crippen LogP) is 1.30. The molecule has 11 heavy (non-hydrogen) atoms. The first kappa shape index (κ1) is 10.9.